The molecule has 1 aromatic carbocycles. The minimum absolute atomic E-state index is 0.117. The number of imide groups is 1. The Hall–Kier alpha value is -3.02. The van der Waals surface area contributed by atoms with Gasteiger partial charge in [0.05, 0.1) is 11.9 Å². The van der Waals surface area contributed by atoms with E-state index in [4.69, 9.17) is 5.73 Å². The van der Waals surface area contributed by atoms with Crippen molar-refractivity contribution in [2.75, 3.05) is 4.90 Å². The van der Waals surface area contributed by atoms with Crippen molar-refractivity contribution in [3.63, 3.8) is 0 Å². The summed E-state index contributed by atoms with van der Waals surface area (Å²) in [6, 6.07) is 9.80. The van der Waals surface area contributed by atoms with Gasteiger partial charge in [-0.3, -0.25) is 14.6 Å². The minimum Gasteiger partial charge on any atom is -0.351 e. The lowest BCUT2D eigenvalue weighted by atomic mass is 9.93. The van der Waals surface area contributed by atoms with Gasteiger partial charge < -0.3 is 5.73 Å². The predicted molar refractivity (Wildman–Crippen MR) is 79.2 cm³/mol. The molecule has 0 spiro atoms. The summed E-state index contributed by atoms with van der Waals surface area (Å²) in [5, 5.41) is 0. The molecule has 3 amide bonds. The molecular formula is C16H13N3O3. The fourth-order valence-electron chi connectivity index (χ4n) is 2.65. The molecule has 2 aromatic rings. The molecule has 1 atom stereocenters. The Morgan fingerprint density at radius 3 is 2.59 bits per heavy atom. The van der Waals surface area contributed by atoms with Crippen LogP contribution in [0.25, 0.3) is 0 Å². The third kappa shape index (κ3) is 2.24. The minimum atomic E-state index is -1.01. The number of ketones is 1. The molecule has 1 aliphatic heterocycles. The van der Waals surface area contributed by atoms with Crippen molar-refractivity contribution in [2.24, 2.45) is 5.73 Å². The van der Waals surface area contributed by atoms with Crippen molar-refractivity contribution in [2.45, 2.75) is 12.3 Å². The van der Waals surface area contributed by atoms with Crippen LogP contribution in [0.5, 0.6) is 0 Å². The maximum atomic E-state index is 12.5. The summed E-state index contributed by atoms with van der Waals surface area (Å²) in [4.78, 5) is 41.1. The van der Waals surface area contributed by atoms with Crippen LogP contribution in [0, 0.1) is 0 Å². The van der Waals surface area contributed by atoms with Gasteiger partial charge in [0, 0.05) is 12.6 Å². The van der Waals surface area contributed by atoms with E-state index in [1.165, 1.54) is 12.4 Å². The Morgan fingerprint density at radius 1 is 1.18 bits per heavy atom. The van der Waals surface area contributed by atoms with Crippen LogP contribution in [0.3, 0.4) is 0 Å². The summed E-state index contributed by atoms with van der Waals surface area (Å²) < 4.78 is 0. The molecule has 0 radical (unpaired) electrons. The molecule has 0 saturated carbocycles. The average molecular weight is 295 g/mol. The highest BCUT2D eigenvalue weighted by atomic mass is 16.2. The number of urea groups is 1. The van der Waals surface area contributed by atoms with Gasteiger partial charge in [0.2, 0.25) is 5.91 Å². The van der Waals surface area contributed by atoms with E-state index in [-0.39, 0.29) is 17.9 Å². The van der Waals surface area contributed by atoms with Crippen molar-refractivity contribution in [1.29, 1.82) is 0 Å². The van der Waals surface area contributed by atoms with Crippen molar-refractivity contribution < 1.29 is 14.4 Å². The summed E-state index contributed by atoms with van der Waals surface area (Å²) in [6.45, 7) is 0. The number of aromatic nitrogens is 1. The second kappa shape index (κ2) is 5.40. The molecule has 6 nitrogen and oxygen atoms in total. The lowest BCUT2D eigenvalue weighted by molar-refractivity contribution is -0.127. The number of anilines is 1. The zero-order valence-electron chi connectivity index (χ0n) is 11.6. The normalized spacial score (nSPS) is 16.5. The zero-order chi connectivity index (χ0) is 15.7. The van der Waals surface area contributed by atoms with Crippen LogP contribution in [0.15, 0.2) is 48.8 Å². The molecule has 0 aliphatic carbocycles. The highest BCUT2D eigenvalue weighted by Crippen LogP contribution is 2.37. The monoisotopic (exact) mass is 295 g/mol. The van der Waals surface area contributed by atoms with Crippen molar-refractivity contribution in [3.05, 3.63) is 59.9 Å². The number of hydrogen-bond donors (Lipinski definition) is 1. The van der Waals surface area contributed by atoms with Gasteiger partial charge in [-0.05, 0) is 17.2 Å². The first-order valence-electron chi connectivity index (χ1n) is 6.73. The SMILES string of the molecule is NC(=O)N1C(=O)C(C(=O)Cc2ccccc2)c2ccncc21. The highest BCUT2D eigenvalue weighted by Gasteiger charge is 2.43. The fraction of sp³-hybridized carbons (Fsp3) is 0.125. The molecule has 0 fully saturated rings. The van der Waals surface area contributed by atoms with E-state index in [1.54, 1.807) is 6.07 Å². The summed E-state index contributed by atoms with van der Waals surface area (Å²) in [6.07, 6.45) is 2.97. The van der Waals surface area contributed by atoms with Crippen molar-refractivity contribution in [3.8, 4) is 0 Å². The van der Waals surface area contributed by atoms with E-state index in [0.29, 0.717) is 5.56 Å². The van der Waals surface area contributed by atoms with Crippen molar-refractivity contribution in [1.82, 2.24) is 4.98 Å². The van der Waals surface area contributed by atoms with Gasteiger partial charge in [-0.15, -0.1) is 0 Å². The lowest BCUT2D eigenvalue weighted by Gasteiger charge is -2.12. The number of Topliss-reactive ketones (excluding diaryl/α,β-unsaturated/α-hetero) is 1. The lowest BCUT2D eigenvalue weighted by Crippen LogP contribution is -2.40. The van der Waals surface area contributed by atoms with Gasteiger partial charge in [0.15, 0.2) is 5.78 Å². The smallest absolute Gasteiger partial charge is 0.326 e. The zero-order valence-corrected chi connectivity index (χ0v) is 11.6. The van der Waals surface area contributed by atoms with E-state index in [1.807, 2.05) is 30.3 Å². The van der Waals surface area contributed by atoms with Gasteiger partial charge >= 0.3 is 6.03 Å². The van der Waals surface area contributed by atoms with Crippen LogP contribution in [0.4, 0.5) is 10.5 Å². The Labute approximate surface area is 126 Å². The number of amides is 3. The first-order chi connectivity index (χ1) is 10.6. The Morgan fingerprint density at radius 2 is 1.91 bits per heavy atom. The molecule has 6 heteroatoms. The molecule has 3 rings (SSSR count). The number of nitrogens with two attached hydrogens (primary N) is 1. The quantitative estimate of drug-likeness (QED) is 0.866. The van der Waals surface area contributed by atoms with Gasteiger partial charge in [-0.2, -0.15) is 0 Å². The number of nitrogens with zero attached hydrogens (tertiary/aromatic N) is 2. The van der Waals surface area contributed by atoms with Gasteiger partial charge in [-0.25, -0.2) is 9.69 Å². The van der Waals surface area contributed by atoms with E-state index >= 15 is 0 Å². The van der Waals surface area contributed by atoms with Crippen LogP contribution in [0.1, 0.15) is 17.0 Å². The maximum absolute atomic E-state index is 12.5. The molecule has 0 bridgehead atoms. The van der Waals surface area contributed by atoms with Gasteiger partial charge in [0.1, 0.15) is 5.92 Å². The molecule has 110 valence electrons. The first kappa shape index (κ1) is 13.9. The highest BCUT2D eigenvalue weighted by molar-refractivity contribution is 6.27. The Kier molecular flexibility index (Phi) is 3.42. The van der Waals surface area contributed by atoms with E-state index < -0.39 is 17.9 Å². The molecule has 1 aliphatic rings. The third-order valence-electron chi connectivity index (χ3n) is 3.62. The average Bonchev–Trinajstić information content (AvgIpc) is 2.80. The summed E-state index contributed by atoms with van der Waals surface area (Å²) in [7, 11) is 0. The number of fused-ring (bicyclic) bond motifs is 1. The van der Waals surface area contributed by atoms with Crippen LogP contribution in [-0.4, -0.2) is 22.7 Å². The van der Waals surface area contributed by atoms with E-state index in [0.717, 1.165) is 10.5 Å². The maximum Gasteiger partial charge on any atom is 0.326 e. The van der Waals surface area contributed by atoms with Crippen LogP contribution >= 0.6 is 0 Å². The van der Waals surface area contributed by atoms with Gasteiger partial charge in [-0.1, -0.05) is 30.3 Å². The number of pyridine rings is 1. The number of carbonyl (C=O) groups is 3. The third-order valence-corrected chi connectivity index (χ3v) is 3.62. The number of primary amides is 1. The first-order valence-corrected chi connectivity index (χ1v) is 6.73. The Bertz CT molecular complexity index is 758. The van der Waals surface area contributed by atoms with Crippen molar-refractivity contribution >= 4 is 23.4 Å². The molecular weight excluding hydrogens is 282 g/mol. The summed E-state index contributed by atoms with van der Waals surface area (Å²) in [5.41, 5.74) is 6.81. The van der Waals surface area contributed by atoms with Crippen LogP contribution in [0.2, 0.25) is 0 Å². The number of hydrogen-bond acceptors (Lipinski definition) is 4. The molecule has 1 aromatic heterocycles. The fourth-order valence-corrected chi connectivity index (χ4v) is 2.65. The van der Waals surface area contributed by atoms with E-state index in [9.17, 15) is 14.4 Å². The topological polar surface area (TPSA) is 93.4 Å². The van der Waals surface area contributed by atoms with Crippen LogP contribution < -0.4 is 10.6 Å². The van der Waals surface area contributed by atoms with E-state index in [2.05, 4.69) is 4.98 Å². The predicted octanol–water partition coefficient (Wildman–Crippen LogP) is 1.40. The second-order valence-corrected chi connectivity index (χ2v) is 5.01. The molecule has 22 heavy (non-hydrogen) atoms. The largest absolute Gasteiger partial charge is 0.351 e. The Balaban J connectivity index is 1.95. The number of benzene rings is 1. The number of rotatable bonds is 3. The number of carbonyl (C=O) groups excluding carboxylic acids is 3. The van der Waals surface area contributed by atoms with Gasteiger partial charge in [0.25, 0.3) is 0 Å². The van der Waals surface area contributed by atoms with Crippen LogP contribution in [-0.2, 0) is 16.0 Å². The molecule has 0 saturated heterocycles. The summed E-state index contributed by atoms with van der Waals surface area (Å²) >= 11 is 0. The molecule has 2 N–H and O–H groups in total. The standard InChI is InChI=1S/C16H13N3O3/c17-16(22)19-12-9-18-7-6-11(12)14(15(19)21)13(20)8-10-4-2-1-3-5-10/h1-7,9,14H,8H2,(H2,17,22). The second-order valence-electron chi connectivity index (χ2n) is 5.01. The molecule has 1 unspecified atom stereocenters. The summed E-state index contributed by atoms with van der Waals surface area (Å²) in [5.74, 6) is -1.89. The molecule has 2 heterocycles.